The number of nitrogens with zero attached hydrogens (tertiary/aromatic N) is 2. The minimum Gasteiger partial charge on any atom is -0.398 e. The maximum atomic E-state index is 5.92. The zero-order valence-corrected chi connectivity index (χ0v) is 12.0. The van der Waals surface area contributed by atoms with Crippen LogP contribution in [0.3, 0.4) is 0 Å². The summed E-state index contributed by atoms with van der Waals surface area (Å²) < 4.78 is 5.34. The Kier molecular flexibility index (Phi) is 3.98. The van der Waals surface area contributed by atoms with Gasteiger partial charge in [0.05, 0.1) is 11.7 Å². The summed E-state index contributed by atoms with van der Waals surface area (Å²) in [6.07, 6.45) is 0.601. The van der Waals surface area contributed by atoms with Crippen LogP contribution in [0.2, 0.25) is 0 Å². The molecule has 2 heterocycles. The van der Waals surface area contributed by atoms with E-state index in [0.717, 1.165) is 28.6 Å². The van der Waals surface area contributed by atoms with Crippen LogP contribution in [0.1, 0.15) is 22.5 Å². The third kappa shape index (κ3) is 3.06. The number of hydrogen-bond acceptors (Lipinski definition) is 6. The molecular formula is C13H15N3OS2. The van der Waals surface area contributed by atoms with Crippen LogP contribution in [0.15, 0.2) is 28.8 Å². The quantitative estimate of drug-likeness (QED) is 0.878. The maximum absolute atomic E-state index is 5.92. The van der Waals surface area contributed by atoms with Crippen molar-refractivity contribution in [3.8, 4) is 0 Å². The fourth-order valence-electron chi connectivity index (χ4n) is 1.97. The average Bonchev–Trinajstić information content (AvgIpc) is 2.91. The van der Waals surface area contributed by atoms with Gasteiger partial charge in [-0.15, -0.1) is 11.8 Å². The monoisotopic (exact) mass is 293 g/mol. The molecule has 1 aromatic heterocycles. The predicted octanol–water partition coefficient (Wildman–Crippen LogP) is 2.76. The van der Waals surface area contributed by atoms with E-state index >= 15 is 0 Å². The highest BCUT2D eigenvalue weighted by molar-refractivity contribution is 8.06. The normalized spacial score (nSPS) is 19.5. The van der Waals surface area contributed by atoms with Crippen molar-refractivity contribution < 1.29 is 4.52 Å². The topological polar surface area (TPSA) is 64.9 Å². The van der Waals surface area contributed by atoms with Gasteiger partial charge in [0, 0.05) is 22.9 Å². The molecule has 0 saturated carbocycles. The molecule has 0 radical (unpaired) electrons. The molecule has 1 aliphatic heterocycles. The summed E-state index contributed by atoms with van der Waals surface area (Å²) in [5.74, 6) is 4.90. The van der Waals surface area contributed by atoms with Crippen LogP contribution in [0.4, 0.5) is 5.69 Å². The van der Waals surface area contributed by atoms with Gasteiger partial charge in [-0.05, 0) is 11.6 Å². The van der Waals surface area contributed by atoms with Crippen LogP contribution in [-0.4, -0.2) is 27.4 Å². The van der Waals surface area contributed by atoms with Crippen molar-refractivity contribution in [1.29, 1.82) is 0 Å². The number of hydrogen-bond donors (Lipinski definition) is 1. The first-order valence-electron chi connectivity index (χ1n) is 6.18. The van der Waals surface area contributed by atoms with Crippen molar-refractivity contribution in [2.45, 2.75) is 11.7 Å². The highest BCUT2D eigenvalue weighted by atomic mass is 32.2. The largest absolute Gasteiger partial charge is 0.398 e. The smallest absolute Gasteiger partial charge is 0.231 e. The molecule has 0 aliphatic carbocycles. The van der Waals surface area contributed by atoms with E-state index in [1.807, 2.05) is 47.8 Å². The number of para-hydroxylation sites is 1. The maximum Gasteiger partial charge on any atom is 0.231 e. The van der Waals surface area contributed by atoms with Crippen LogP contribution < -0.4 is 5.73 Å². The number of anilines is 1. The minimum atomic E-state index is 0.365. The Morgan fingerprint density at radius 2 is 2.21 bits per heavy atom. The summed E-state index contributed by atoms with van der Waals surface area (Å²) in [5.41, 5.74) is 7.72. The predicted molar refractivity (Wildman–Crippen MR) is 80.5 cm³/mol. The van der Waals surface area contributed by atoms with E-state index in [4.69, 9.17) is 10.3 Å². The molecule has 6 heteroatoms. The van der Waals surface area contributed by atoms with Crippen LogP contribution in [-0.2, 0) is 6.42 Å². The first kappa shape index (κ1) is 12.9. The Balaban J connectivity index is 1.73. The molecule has 1 unspecified atom stereocenters. The van der Waals surface area contributed by atoms with E-state index < -0.39 is 0 Å². The summed E-state index contributed by atoms with van der Waals surface area (Å²) in [4.78, 5) is 4.50. The lowest BCUT2D eigenvalue weighted by Gasteiger charge is -2.16. The second-order valence-electron chi connectivity index (χ2n) is 4.36. The minimum absolute atomic E-state index is 0.365. The van der Waals surface area contributed by atoms with Crippen molar-refractivity contribution in [2.24, 2.45) is 0 Å². The van der Waals surface area contributed by atoms with Crippen LogP contribution >= 0.6 is 23.5 Å². The summed E-state index contributed by atoms with van der Waals surface area (Å²) in [7, 11) is 0. The van der Waals surface area contributed by atoms with E-state index in [2.05, 4.69) is 10.1 Å². The molecular weight excluding hydrogens is 278 g/mol. The third-order valence-corrected chi connectivity index (χ3v) is 5.74. The number of aromatic nitrogens is 2. The van der Waals surface area contributed by atoms with Gasteiger partial charge in [-0.25, -0.2) is 0 Å². The molecule has 19 heavy (non-hydrogen) atoms. The molecule has 0 amide bonds. The SMILES string of the molecule is Nc1ccccc1Cc1nc(C2CSCCS2)no1. The summed E-state index contributed by atoms with van der Waals surface area (Å²) >= 11 is 3.86. The molecule has 1 fully saturated rings. The average molecular weight is 293 g/mol. The van der Waals surface area contributed by atoms with Crippen molar-refractivity contribution in [2.75, 3.05) is 23.0 Å². The van der Waals surface area contributed by atoms with Gasteiger partial charge in [-0.3, -0.25) is 0 Å². The van der Waals surface area contributed by atoms with Gasteiger partial charge in [-0.2, -0.15) is 16.7 Å². The molecule has 2 N–H and O–H groups in total. The number of thioether (sulfide) groups is 2. The fraction of sp³-hybridized carbons (Fsp3) is 0.385. The molecule has 3 rings (SSSR count). The lowest BCUT2D eigenvalue weighted by atomic mass is 10.1. The number of benzene rings is 1. The van der Waals surface area contributed by atoms with Gasteiger partial charge < -0.3 is 10.3 Å². The standard InChI is InChI=1S/C13H15N3OS2/c14-10-4-2-1-3-9(10)7-12-15-13(16-17-12)11-8-18-5-6-19-11/h1-4,11H,5-8,14H2. The Morgan fingerprint density at radius 1 is 1.32 bits per heavy atom. The Bertz CT molecular complexity index is 552. The van der Waals surface area contributed by atoms with Crippen molar-refractivity contribution in [3.63, 3.8) is 0 Å². The van der Waals surface area contributed by atoms with Gasteiger partial charge >= 0.3 is 0 Å². The van der Waals surface area contributed by atoms with Gasteiger partial charge in [0.2, 0.25) is 5.89 Å². The van der Waals surface area contributed by atoms with E-state index in [1.165, 1.54) is 5.75 Å². The van der Waals surface area contributed by atoms with E-state index in [9.17, 15) is 0 Å². The highest BCUT2D eigenvalue weighted by Gasteiger charge is 2.22. The molecule has 1 aromatic carbocycles. The first-order chi connectivity index (χ1) is 9.33. The van der Waals surface area contributed by atoms with Crippen LogP contribution in [0, 0.1) is 0 Å². The molecule has 0 spiro atoms. The molecule has 4 nitrogen and oxygen atoms in total. The van der Waals surface area contributed by atoms with Gasteiger partial charge in [0.25, 0.3) is 0 Å². The Morgan fingerprint density at radius 3 is 3.00 bits per heavy atom. The molecule has 1 atom stereocenters. The number of nitrogens with two attached hydrogens (primary N) is 1. The van der Waals surface area contributed by atoms with Crippen LogP contribution in [0.25, 0.3) is 0 Å². The molecule has 1 saturated heterocycles. The summed E-state index contributed by atoms with van der Waals surface area (Å²) in [5, 5.41) is 4.47. The van der Waals surface area contributed by atoms with Crippen LogP contribution in [0.5, 0.6) is 0 Å². The molecule has 2 aromatic rings. The second-order valence-corrected chi connectivity index (χ2v) is 6.82. The zero-order chi connectivity index (χ0) is 13.1. The third-order valence-electron chi connectivity index (χ3n) is 2.98. The first-order valence-corrected chi connectivity index (χ1v) is 8.38. The zero-order valence-electron chi connectivity index (χ0n) is 10.4. The van der Waals surface area contributed by atoms with E-state index in [0.29, 0.717) is 17.6 Å². The summed E-state index contributed by atoms with van der Waals surface area (Å²) in [6, 6.07) is 7.77. The van der Waals surface area contributed by atoms with Gasteiger partial charge in [-0.1, -0.05) is 23.4 Å². The second kappa shape index (κ2) is 5.88. The summed E-state index contributed by atoms with van der Waals surface area (Å²) in [6.45, 7) is 0. The number of nitrogen functional groups attached to an aromatic ring is 1. The van der Waals surface area contributed by atoms with E-state index in [-0.39, 0.29) is 0 Å². The molecule has 1 aliphatic rings. The number of rotatable bonds is 3. The van der Waals surface area contributed by atoms with Gasteiger partial charge in [0.1, 0.15) is 0 Å². The van der Waals surface area contributed by atoms with Crippen molar-refractivity contribution in [3.05, 3.63) is 41.5 Å². The lowest BCUT2D eigenvalue weighted by molar-refractivity contribution is 0.379. The Hall–Kier alpha value is -1.14. The van der Waals surface area contributed by atoms with Gasteiger partial charge in [0.15, 0.2) is 5.82 Å². The van der Waals surface area contributed by atoms with Crippen molar-refractivity contribution in [1.82, 2.24) is 10.1 Å². The van der Waals surface area contributed by atoms with Crippen molar-refractivity contribution >= 4 is 29.2 Å². The molecule has 100 valence electrons. The Labute approximate surface area is 120 Å². The molecule has 0 bridgehead atoms. The fourth-order valence-corrected chi connectivity index (χ4v) is 4.55. The van der Waals surface area contributed by atoms with E-state index in [1.54, 1.807) is 0 Å². The lowest BCUT2D eigenvalue weighted by Crippen LogP contribution is -2.08. The highest BCUT2D eigenvalue weighted by Crippen LogP contribution is 2.35.